The van der Waals surface area contributed by atoms with E-state index in [1.165, 1.54) is 10.4 Å². The van der Waals surface area contributed by atoms with E-state index in [1.54, 1.807) is 11.3 Å². The smallest absolute Gasteiger partial charge is 0.259 e. The van der Waals surface area contributed by atoms with Gasteiger partial charge >= 0.3 is 0 Å². The molecule has 0 bridgehead atoms. The summed E-state index contributed by atoms with van der Waals surface area (Å²) in [5.74, 6) is 1.26. The molecule has 0 fully saturated rings. The summed E-state index contributed by atoms with van der Waals surface area (Å²) in [7, 11) is 1.87. The van der Waals surface area contributed by atoms with Gasteiger partial charge in [-0.15, -0.1) is 11.3 Å². The van der Waals surface area contributed by atoms with Crippen LogP contribution < -0.4 is 10.9 Å². The van der Waals surface area contributed by atoms with Gasteiger partial charge in [0, 0.05) is 10.9 Å². The number of nitrogens with zero attached hydrogens (tertiary/aromatic N) is 2. The first-order valence-corrected chi connectivity index (χ1v) is 10.1. The van der Waals surface area contributed by atoms with Gasteiger partial charge in [0.2, 0.25) is 5.91 Å². The standard InChI is InChI=1S/C19H28N4O2S/c1-10(2)20-15(24)9-23(5)12(4)17-21-18(25)16-13-7-6-11(3)8-14(13)26-19(16)22-17/h10-12H,6-9H2,1-5H3,(H,20,24)(H,21,22,25)/t11-,12-/m1/s1. The fourth-order valence-corrected chi connectivity index (χ4v) is 4.89. The topological polar surface area (TPSA) is 78.1 Å². The maximum Gasteiger partial charge on any atom is 0.259 e. The fourth-order valence-electron chi connectivity index (χ4n) is 3.50. The molecule has 0 saturated heterocycles. The Hall–Kier alpha value is -1.73. The van der Waals surface area contributed by atoms with Gasteiger partial charge in [0.05, 0.1) is 18.0 Å². The second-order valence-electron chi connectivity index (χ2n) is 7.80. The van der Waals surface area contributed by atoms with Crippen LogP contribution in [0, 0.1) is 5.92 Å². The number of hydrogen-bond acceptors (Lipinski definition) is 5. The fraction of sp³-hybridized carbons (Fsp3) is 0.632. The number of likely N-dealkylation sites (N-methyl/N-ethyl adjacent to an activating group) is 1. The quantitative estimate of drug-likeness (QED) is 0.841. The van der Waals surface area contributed by atoms with Gasteiger partial charge in [-0.1, -0.05) is 6.92 Å². The van der Waals surface area contributed by atoms with E-state index >= 15 is 0 Å². The van der Waals surface area contributed by atoms with E-state index in [0.717, 1.165) is 29.5 Å². The molecule has 0 unspecified atom stereocenters. The number of carbonyl (C=O) groups excluding carboxylic acids is 1. The van der Waals surface area contributed by atoms with Crippen LogP contribution in [0.5, 0.6) is 0 Å². The van der Waals surface area contributed by atoms with Gasteiger partial charge in [0.1, 0.15) is 10.7 Å². The minimum Gasteiger partial charge on any atom is -0.353 e. The molecule has 0 spiro atoms. The van der Waals surface area contributed by atoms with Crippen molar-refractivity contribution in [2.24, 2.45) is 5.92 Å². The first kappa shape index (κ1) is 19.0. The molecular weight excluding hydrogens is 348 g/mol. The van der Waals surface area contributed by atoms with Crippen molar-refractivity contribution in [2.75, 3.05) is 13.6 Å². The maximum absolute atomic E-state index is 12.7. The van der Waals surface area contributed by atoms with Crippen molar-refractivity contribution >= 4 is 27.5 Å². The molecule has 2 N–H and O–H groups in total. The minimum atomic E-state index is -0.150. The van der Waals surface area contributed by atoms with E-state index in [0.29, 0.717) is 11.7 Å². The largest absolute Gasteiger partial charge is 0.353 e. The number of hydrogen-bond donors (Lipinski definition) is 2. The number of thiophene rings is 1. The predicted molar refractivity (Wildman–Crippen MR) is 106 cm³/mol. The Morgan fingerprint density at radius 1 is 1.42 bits per heavy atom. The Kier molecular flexibility index (Phi) is 5.48. The summed E-state index contributed by atoms with van der Waals surface area (Å²) < 4.78 is 0. The van der Waals surface area contributed by atoms with Crippen molar-refractivity contribution in [1.29, 1.82) is 0 Å². The van der Waals surface area contributed by atoms with Crippen LogP contribution in [-0.2, 0) is 17.6 Å². The average molecular weight is 377 g/mol. The molecule has 6 nitrogen and oxygen atoms in total. The highest BCUT2D eigenvalue weighted by molar-refractivity contribution is 7.18. The van der Waals surface area contributed by atoms with Crippen LogP contribution in [0.4, 0.5) is 0 Å². The number of H-pyrrole nitrogens is 1. The van der Waals surface area contributed by atoms with Crippen LogP contribution >= 0.6 is 11.3 Å². The average Bonchev–Trinajstić information content (AvgIpc) is 2.90. The lowest BCUT2D eigenvalue weighted by Gasteiger charge is -2.23. The van der Waals surface area contributed by atoms with E-state index < -0.39 is 0 Å². The Morgan fingerprint density at radius 3 is 2.85 bits per heavy atom. The zero-order valence-corrected chi connectivity index (χ0v) is 17.0. The molecule has 1 amide bonds. The normalized spacial score (nSPS) is 18.3. The molecule has 7 heteroatoms. The molecule has 26 heavy (non-hydrogen) atoms. The van der Waals surface area contributed by atoms with Crippen molar-refractivity contribution in [1.82, 2.24) is 20.2 Å². The van der Waals surface area contributed by atoms with Gasteiger partial charge in [-0.3, -0.25) is 14.5 Å². The number of nitrogens with one attached hydrogen (secondary N) is 2. The van der Waals surface area contributed by atoms with Crippen LogP contribution in [0.25, 0.3) is 10.2 Å². The molecule has 0 aromatic carbocycles. The monoisotopic (exact) mass is 376 g/mol. The molecule has 142 valence electrons. The summed E-state index contributed by atoms with van der Waals surface area (Å²) in [5, 5.41) is 3.66. The SMILES string of the molecule is CC(C)NC(=O)CN(C)[C@H](C)c1nc2sc3c(c2c(=O)[nH]1)CC[C@@H](C)C3. The number of amides is 1. The van der Waals surface area contributed by atoms with Gasteiger partial charge in [-0.05, 0) is 58.6 Å². The molecule has 0 aliphatic heterocycles. The lowest BCUT2D eigenvalue weighted by atomic mass is 9.89. The molecule has 2 heterocycles. The first-order chi connectivity index (χ1) is 12.3. The lowest BCUT2D eigenvalue weighted by Crippen LogP contribution is -2.39. The predicted octanol–water partition coefficient (Wildman–Crippen LogP) is 2.63. The van der Waals surface area contributed by atoms with Crippen LogP contribution in [-0.4, -0.2) is 40.4 Å². The zero-order chi connectivity index (χ0) is 19.0. The summed E-state index contributed by atoms with van der Waals surface area (Å²) in [6, 6.07) is -0.0385. The summed E-state index contributed by atoms with van der Waals surface area (Å²) in [6.07, 6.45) is 3.13. The number of fused-ring (bicyclic) bond motifs is 3. The first-order valence-electron chi connectivity index (χ1n) is 9.30. The molecule has 2 atom stereocenters. The van der Waals surface area contributed by atoms with Crippen molar-refractivity contribution in [3.05, 3.63) is 26.6 Å². The summed E-state index contributed by atoms with van der Waals surface area (Å²) in [5.41, 5.74) is 1.14. The van der Waals surface area contributed by atoms with Gasteiger partial charge in [-0.25, -0.2) is 4.98 Å². The Bertz CT molecular complexity index is 870. The summed E-state index contributed by atoms with van der Waals surface area (Å²) >= 11 is 1.65. The van der Waals surface area contributed by atoms with Gasteiger partial charge in [-0.2, -0.15) is 0 Å². The van der Waals surface area contributed by atoms with E-state index in [1.807, 2.05) is 32.7 Å². The Labute approximate surface area is 158 Å². The van der Waals surface area contributed by atoms with E-state index in [2.05, 4.69) is 17.2 Å². The molecule has 2 aromatic rings. The Morgan fingerprint density at radius 2 is 2.15 bits per heavy atom. The third-order valence-electron chi connectivity index (χ3n) is 5.08. The number of aromatic nitrogens is 2. The van der Waals surface area contributed by atoms with Crippen molar-refractivity contribution in [3.8, 4) is 0 Å². The molecule has 1 aliphatic carbocycles. The minimum absolute atomic E-state index is 0.0293. The van der Waals surface area contributed by atoms with Gasteiger partial charge < -0.3 is 10.3 Å². The van der Waals surface area contributed by atoms with Crippen LogP contribution in [0.2, 0.25) is 0 Å². The summed E-state index contributed by atoms with van der Waals surface area (Å²) in [6.45, 7) is 8.36. The second-order valence-corrected chi connectivity index (χ2v) is 8.88. The van der Waals surface area contributed by atoms with Crippen molar-refractivity contribution in [3.63, 3.8) is 0 Å². The molecular formula is C19H28N4O2S. The highest BCUT2D eigenvalue weighted by atomic mass is 32.1. The maximum atomic E-state index is 12.7. The molecule has 0 saturated carbocycles. The van der Waals surface area contributed by atoms with E-state index in [-0.39, 0.29) is 30.1 Å². The van der Waals surface area contributed by atoms with Crippen LogP contribution in [0.3, 0.4) is 0 Å². The number of aryl methyl sites for hydroxylation is 1. The third-order valence-corrected chi connectivity index (χ3v) is 6.23. The lowest BCUT2D eigenvalue weighted by molar-refractivity contribution is -0.122. The number of rotatable bonds is 5. The highest BCUT2D eigenvalue weighted by Crippen LogP contribution is 2.35. The van der Waals surface area contributed by atoms with Crippen LogP contribution in [0.15, 0.2) is 4.79 Å². The molecule has 1 aliphatic rings. The summed E-state index contributed by atoms with van der Waals surface area (Å²) in [4.78, 5) is 36.5. The van der Waals surface area contributed by atoms with Crippen molar-refractivity contribution in [2.45, 2.75) is 59.0 Å². The van der Waals surface area contributed by atoms with E-state index in [9.17, 15) is 9.59 Å². The molecule has 0 radical (unpaired) electrons. The van der Waals surface area contributed by atoms with Crippen LogP contribution in [0.1, 0.15) is 56.4 Å². The molecule has 3 rings (SSSR count). The third kappa shape index (κ3) is 3.83. The second kappa shape index (κ2) is 7.48. The zero-order valence-electron chi connectivity index (χ0n) is 16.2. The Balaban J connectivity index is 1.86. The molecule has 2 aromatic heterocycles. The number of carbonyl (C=O) groups is 1. The van der Waals surface area contributed by atoms with Gasteiger partial charge in [0.25, 0.3) is 5.56 Å². The van der Waals surface area contributed by atoms with E-state index in [4.69, 9.17) is 4.98 Å². The highest BCUT2D eigenvalue weighted by Gasteiger charge is 2.24. The van der Waals surface area contributed by atoms with Gasteiger partial charge in [0.15, 0.2) is 0 Å². The number of aromatic amines is 1. The van der Waals surface area contributed by atoms with Crippen molar-refractivity contribution < 1.29 is 4.79 Å².